The molecular weight excluding hydrogens is 292 g/mol. The Bertz CT molecular complexity index is 681. The van der Waals surface area contributed by atoms with Gasteiger partial charge in [0.05, 0.1) is 0 Å². The summed E-state index contributed by atoms with van der Waals surface area (Å²) in [4.78, 5) is 11.8. The molecule has 0 fully saturated rings. The molecule has 2 aromatic rings. The molecule has 0 unspecified atom stereocenters. The molecule has 0 bridgehead atoms. The van der Waals surface area contributed by atoms with Gasteiger partial charge in [-0.2, -0.15) is 0 Å². The van der Waals surface area contributed by atoms with Crippen molar-refractivity contribution in [1.29, 1.82) is 0 Å². The van der Waals surface area contributed by atoms with Gasteiger partial charge in [-0.1, -0.05) is 18.6 Å². The number of nitrogens with one attached hydrogen (secondary N) is 1. The lowest BCUT2D eigenvalue weighted by molar-refractivity contribution is -0.120. The molecule has 3 rings (SSSR count). The van der Waals surface area contributed by atoms with Crippen LogP contribution in [0.1, 0.15) is 32.0 Å². The standard InChI is InChI=1S/C17H22N4O2/c1-2-23-12-16(22)18-14-8-6-7-13(11-14)17-20-19-15-9-4-3-5-10-21(15)17/h6-8,11H,2-5,9-10,12H2,1H3,(H,18,22). The predicted molar refractivity (Wildman–Crippen MR) is 88.1 cm³/mol. The van der Waals surface area contributed by atoms with Crippen LogP contribution in [0.5, 0.6) is 0 Å². The average molecular weight is 314 g/mol. The summed E-state index contributed by atoms with van der Waals surface area (Å²) >= 11 is 0. The molecule has 0 saturated heterocycles. The Morgan fingerprint density at radius 3 is 3.09 bits per heavy atom. The van der Waals surface area contributed by atoms with Crippen molar-refractivity contribution in [3.05, 3.63) is 30.1 Å². The smallest absolute Gasteiger partial charge is 0.250 e. The Morgan fingerprint density at radius 2 is 2.22 bits per heavy atom. The van der Waals surface area contributed by atoms with E-state index in [1.165, 1.54) is 12.8 Å². The number of aromatic nitrogens is 3. The number of benzene rings is 1. The molecule has 122 valence electrons. The van der Waals surface area contributed by atoms with Gasteiger partial charge in [0.2, 0.25) is 5.91 Å². The second-order valence-electron chi connectivity index (χ2n) is 5.67. The van der Waals surface area contributed by atoms with Gasteiger partial charge in [0.1, 0.15) is 12.4 Å². The molecule has 0 aliphatic carbocycles. The molecule has 6 nitrogen and oxygen atoms in total. The minimum absolute atomic E-state index is 0.0705. The molecule has 1 aliphatic heterocycles. The number of fused-ring (bicyclic) bond motifs is 1. The Hall–Kier alpha value is -2.21. The predicted octanol–water partition coefficient (Wildman–Crippen LogP) is 2.65. The fourth-order valence-corrected chi connectivity index (χ4v) is 2.83. The van der Waals surface area contributed by atoms with Crippen LogP contribution in [0.15, 0.2) is 24.3 Å². The summed E-state index contributed by atoms with van der Waals surface area (Å²) in [6.45, 7) is 3.42. The third-order valence-corrected chi connectivity index (χ3v) is 3.95. The van der Waals surface area contributed by atoms with Crippen LogP contribution in [0.4, 0.5) is 5.69 Å². The van der Waals surface area contributed by atoms with Gasteiger partial charge in [-0.05, 0) is 31.9 Å². The zero-order valence-corrected chi connectivity index (χ0v) is 13.4. The number of rotatable bonds is 5. The molecular formula is C17H22N4O2. The van der Waals surface area contributed by atoms with Gasteiger partial charge in [-0.3, -0.25) is 4.79 Å². The van der Waals surface area contributed by atoms with Crippen molar-refractivity contribution in [3.63, 3.8) is 0 Å². The minimum Gasteiger partial charge on any atom is -0.372 e. The molecule has 0 atom stereocenters. The molecule has 1 aliphatic rings. The van der Waals surface area contributed by atoms with Crippen molar-refractivity contribution in [2.24, 2.45) is 0 Å². The third-order valence-electron chi connectivity index (χ3n) is 3.95. The first-order valence-electron chi connectivity index (χ1n) is 8.18. The van der Waals surface area contributed by atoms with Gasteiger partial charge >= 0.3 is 0 Å². The zero-order chi connectivity index (χ0) is 16.1. The quantitative estimate of drug-likeness (QED) is 0.921. The highest BCUT2D eigenvalue weighted by atomic mass is 16.5. The highest BCUT2D eigenvalue weighted by molar-refractivity contribution is 5.92. The van der Waals surface area contributed by atoms with E-state index in [0.29, 0.717) is 6.61 Å². The van der Waals surface area contributed by atoms with Gasteiger partial charge in [0.15, 0.2) is 5.82 Å². The highest BCUT2D eigenvalue weighted by Crippen LogP contribution is 2.24. The maximum atomic E-state index is 11.8. The summed E-state index contributed by atoms with van der Waals surface area (Å²) in [6.07, 6.45) is 4.54. The van der Waals surface area contributed by atoms with E-state index in [9.17, 15) is 4.79 Å². The second-order valence-corrected chi connectivity index (χ2v) is 5.67. The summed E-state index contributed by atoms with van der Waals surface area (Å²) in [5.74, 6) is 1.79. The third kappa shape index (κ3) is 3.76. The van der Waals surface area contributed by atoms with E-state index in [1.54, 1.807) is 0 Å². The van der Waals surface area contributed by atoms with E-state index in [0.717, 1.165) is 42.3 Å². The molecule has 1 N–H and O–H groups in total. The van der Waals surface area contributed by atoms with Crippen LogP contribution in [-0.4, -0.2) is 33.9 Å². The van der Waals surface area contributed by atoms with Crippen LogP contribution in [0.3, 0.4) is 0 Å². The van der Waals surface area contributed by atoms with Crippen LogP contribution < -0.4 is 5.32 Å². The van der Waals surface area contributed by atoms with Crippen molar-refractivity contribution in [1.82, 2.24) is 14.8 Å². The SMILES string of the molecule is CCOCC(=O)Nc1cccc(-c2nnc3n2CCCCC3)c1. The summed E-state index contributed by atoms with van der Waals surface area (Å²) in [5.41, 5.74) is 1.72. The van der Waals surface area contributed by atoms with Gasteiger partial charge in [-0.25, -0.2) is 0 Å². The first-order chi connectivity index (χ1) is 11.3. The number of ether oxygens (including phenoxy) is 1. The van der Waals surface area contributed by atoms with Crippen LogP contribution >= 0.6 is 0 Å². The Kier molecular flexibility index (Phi) is 5.02. The molecule has 1 aromatic carbocycles. The molecule has 6 heteroatoms. The summed E-state index contributed by atoms with van der Waals surface area (Å²) < 4.78 is 7.32. The average Bonchev–Trinajstić information content (AvgIpc) is 2.82. The summed E-state index contributed by atoms with van der Waals surface area (Å²) in [5, 5.41) is 11.5. The lowest BCUT2D eigenvalue weighted by Gasteiger charge is -2.09. The van der Waals surface area contributed by atoms with Gasteiger partial charge in [-0.15, -0.1) is 10.2 Å². The van der Waals surface area contributed by atoms with Crippen LogP contribution in [-0.2, 0) is 22.5 Å². The van der Waals surface area contributed by atoms with Crippen molar-refractivity contribution in [2.45, 2.75) is 39.2 Å². The maximum Gasteiger partial charge on any atom is 0.250 e. The Balaban J connectivity index is 1.80. The van der Waals surface area contributed by atoms with Crippen LogP contribution in [0, 0.1) is 0 Å². The monoisotopic (exact) mass is 314 g/mol. The minimum atomic E-state index is -0.149. The Labute approximate surface area is 135 Å². The fraction of sp³-hybridized carbons (Fsp3) is 0.471. The molecule has 0 saturated carbocycles. The molecule has 0 spiro atoms. The Morgan fingerprint density at radius 1 is 1.30 bits per heavy atom. The summed E-state index contributed by atoms with van der Waals surface area (Å²) in [6, 6.07) is 7.73. The molecule has 1 amide bonds. The van der Waals surface area contributed by atoms with Crippen molar-refractivity contribution >= 4 is 11.6 Å². The number of carbonyl (C=O) groups is 1. The van der Waals surface area contributed by atoms with Crippen LogP contribution in [0.2, 0.25) is 0 Å². The number of aryl methyl sites for hydroxylation is 1. The normalized spacial score (nSPS) is 14.1. The lowest BCUT2D eigenvalue weighted by Crippen LogP contribution is -2.18. The van der Waals surface area contributed by atoms with E-state index in [2.05, 4.69) is 20.1 Å². The molecule has 0 radical (unpaired) electrons. The van der Waals surface area contributed by atoms with Crippen LogP contribution in [0.25, 0.3) is 11.4 Å². The second kappa shape index (κ2) is 7.37. The van der Waals surface area contributed by atoms with Crippen molar-refractivity contribution in [2.75, 3.05) is 18.5 Å². The topological polar surface area (TPSA) is 69.0 Å². The van der Waals surface area contributed by atoms with E-state index in [1.807, 2.05) is 31.2 Å². The number of carbonyl (C=O) groups excluding carboxylic acids is 1. The van der Waals surface area contributed by atoms with E-state index >= 15 is 0 Å². The summed E-state index contributed by atoms with van der Waals surface area (Å²) in [7, 11) is 0. The molecule has 1 aromatic heterocycles. The lowest BCUT2D eigenvalue weighted by atomic mass is 10.2. The van der Waals surface area contributed by atoms with Crippen molar-refractivity contribution < 1.29 is 9.53 Å². The van der Waals surface area contributed by atoms with E-state index in [4.69, 9.17) is 4.74 Å². The number of hydrogen-bond acceptors (Lipinski definition) is 4. The molecule has 23 heavy (non-hydrogen) atoms. The first kappa shape index (κ1) is 15.7. The molecule has 2 heterocycles. The number of anilines is 1. The fourth-order valence-electron chi connectivity index (χ4n) is 2.83. The number of nitrogens with zero attached hydrogens (tertiary/aromatic N) is 3. The maximum absolute atomic E-state index is 11.8. The van der Waals surface area contributed by atoms with Gasteiger partial charge < -0.3 is 14.6 Å². The van der Waals surface area contributed by atoms with E-state index < -0.39 is 0 Å². The largest absolute Gasteiger partial charge is 0.372 e. The highest BCUT2D eigenvalue weighted by Gasteiger charge is 2.16. The number of hydrogen-bond donors (Lipinski definition) is 1. The van der Waals surface area contributed by atoms with E-state index in [-0.39, 0.29) is 12.5 Å². The van der Waals surface area contributed by atoms with Crippen molar-refractivity contribution in [3.8, 4) is 11.4 Å². The zero-order valence-electron chi connectivity index (χ0n) is 13.4. The first-order valence-corrected chi connectivity index (χ1v) is 8.18. The van der Waals surface area contributed by atoms with Gasteiger partial charge in [0.25, 0.3) is 0 Å². The van der Waals surface area contributed by atoms with Gasteiger partial charge in [0, 0.05) is 30.8 Å². The number of amides is 1.